The maximum Gasteiger partial charge on any atom is 0.354 e. The number of aliphatic carboxylic acids is 1. The topological polar surface area (TPSA) is 94.6 Å². The second-order valence-corrected chi connectivity index (χ2v) is 3.73. The molecule has 0 aliphatic carbocycles. The second-order valence-electron chi connectivity index (χ2n) is 3.73. The molecule has 0 fully saturated rings. The van der Waals surface area contributed by atoms with E-state index in [1.165, 1.54) is 7.11 Å². The number of carbonyl (C=O) groups is 2. The lowest BCUT2D eigenvalue weighted by Crippen LogP contribution is -2.17. The molecule has 0 radical (unpaired) electrons. The molecule has 0 aliphatic heterocycles. The largest absolute Gasteiger partial charge is 0.481 e. The summed E-state index contributed by atoms with van der Waals surface area (Å²) in [5, 5.41) is 8.57. The third kappa shape index (κ3) is 3.07. The van der Waals surface area contributed by atoms with Gasteiger partial charge in [-0.25, -0.2) is 4.79 Å². The molecule has 6 nitrogen and oxygen atoms in total. The van der Waals surface area contributed by atoms with Gasteiger partial charge in [0.15, 0.2) is 0 Å². The first-order chi connectivity index (χ1) is 7.97. The van der Waals surface area contributed by atoms with E-state index in [1.54, 1.807) is 23.7 Å². The summed E-state index contributed by atoms with van der Waals surface area (Å²) in [5.41, 5.74) is 6.97. The van der Waals surface area contributed by atoms with Crippen molar-refractivity contribution in [3.63, 3.8) is 0 Å². The number of carboxylic acids is 1. The Morgan fingerprint density at radius 1 is 1.53 bits per heavy atom. The summed E-state index contributed by atoms with van der Waals surface area (Å²) in [6.45, 7) is 0. The molecule has 17 heavy (non-hydrogen) atoms. The van der Waals surface area contributed by atoms with E-state index >= 15 is 0 Å². The maximum absolute atomic E-state index is 11.4. The van der Waals surface area contributed by atoms with Crippen LogP contribution < -0.4 is 5.73 Å². The molecule has 1 atom stereocenters. The van der Waals surface area contributed by atoms with Crippen molar-refractivity contribution in [2.75, 3.05) is 7.11 Å². The van der Waals surface area contributed by atoms with Gasteiger partial charge in [0.05, 0.1) is 7.11 Å². The van der Waals surface area contributed by atoms with E-state index in [0.717, 1.165) is 0 Å². The van der Waals surface area contributed by atoms with E-state index in [-0.39, 0.29) is 6.42 Å². The molecular formula is C11H16N2O4. The standard InChI is InChI=1S/C11H16N2O4/c1-13-8(7(12)3-6-10(14)15)4-5-9(13)11(16)17-2/h4-5,7H,3,6,12H2,1-2H3,(H,14,15). The minimum Gasteiger partial charge on any atom is -0.481 e. The quantitative estimate of drug-likeness (QED) is 0.738. The number of nitrogens with two attached hydrogens (primary N) is 1. The predicted molar refractivity (Wildman–Crippen MR) is 60.6 cm³/mol. The molecule has 0 saturated carbocycles. The fourth-order valence-electron chi connectivity index (χ4n) is 1.64. The van der Waals surface area contributed by atoms with Crippen molar-refractivity contribution in [3.8, 4) is 0 Å². The van der Waals surface area contributed by atoms with Crippen molar-refractivity contribution in [1.82, 2.24) is 4.57 Å². The maximum atomic E-state index is 11.4. The first kappa shape index (κ1) is 13.2. The lowest BCUT2D eigenvalue weighted by Gasteiger charge is -2.12. The Balaban J connectivity index is 2.81. The van der Waals surface area contributed by atoms with Gasteiger partial charge in [0.25, 0.3) is 0 Å². The van der Waals surface area contributed by atoms with E-state index in [9.17, 15) is 9.59 Å². The van der Waals surface area contributed by atoms with Gasteiger partial charge in [0, 0.05) is 25.2 Å². The van der Waals surface area contributed by atoms with Gasteiger partial charge in [-0.2, -0.15) is 0 Å². The van der Waals surface area contributed by atoms with Crippen LogP contribution in [0.2, 0.25) is 0 Å². The zero-order chi connectivity index (χ0) is 13.0. The molecule has 1 aromatic heterocycles. The number of carbonyl (C=O) groups excluding carboxylic acids is 1. The highest BCUT2D eigenvalue weighted by atomic mass is 16.5. The number of hydrogen-bond donors (Lipinski definition) is 2. The summed E-state index contributed by atoms with van der Waals surface area (Å²) in [6.07, 6.45) is 0.327. The molecule has 0 amide bonds. The molecule has 6 heteroatoms. The zero-order valence-corrected chi connectivity index (χ0v) is 9.84. The Morgan fingerprint density at radius 2 is 2.18 bits per heavy atom. The molecule has 0 aliphatic rings. The Hall–Kier alpha value is -1.82. The van der Waals surface area contributed by atoms with Gasteiger partial charge < -0.3 is 20.1 Å². The normalized spacial score (nSPS) is 12.2. The molecule has 0 spiro atoms. The third-order valence-corrected chi connectivity index (χ3v) is 2.60. The summed E-state index contributed by atoms with van der Waals surface area (Å²) in [4.78, 5) is 21.8. The first-order valence-corrected chi connectivity index (χ1v) is 5.18. The monoisotopic (exact) mass is 240 g/mol. The minimum absolute atomic E-state index is 0.0000950. The third-order valence-electron chi connectivity index (χ3n) is 2.60. The molecule has 1 heterocycles. The summed E-state index contributed by atoms with van der Waals surface area (Å²) >= 11 is 0. The van der Waals surface area contributed by atoms with Crippen LogP contribution in [0.15, 0.2) is 12.1 Å². The molecule has 3 N–H and O–H groups in total. The lowest BCUT2D eigenvalue weighted by molar-refractivity contribution is -0.137. The molecule has 1 rings (SSSR count). The van der Waals surface area contributed by atoms with Crippen LogP contribution in [0.4, 0.5) is 0 Å². The lowest BCUT2D eigenvalue weighted by atomic mass is 10.1. The Bertz CT molecular complexity index is 425. The van der Waals surface area contributed by atoms with Crippen molar-refractivity contribution in [3.05, 3.63) is 23.5 Å². The van der Waals surface area contributed by atoms with Crippen LogP contribution in [-0.2, 0) is 16.6 Å². The smallest absolute Gasteiger partial charge is 0.354 e. The van der Waals surface area contributed by atoms with Crippen LogP contribution in [-0.4, -0.2) is 28.7 Å². The highest BCUT2D eigenvalue weighted by Gasteiger charge is 2.17. The van der Waals surface area contributed by atoms with E-state index in [2.05, 4.69) is 4.74 Å². The molecular weight excluding hydrogens is 224 g/mol. The summed E-state index contributed by atoms with van der Waals surface area (Å²) in [7, 11) is 3.00. The average molecular weight is 240 g/mol. The number of hydrogen-bond acceptors (Lipinski definition) is 4. The molecule has 1 unspecified atom stereocenters. The number of aromatic nitrogens is 1. The zero-order valence-electron chi connectivity index (χ0n) is 9.84. The van der Waals surface area contributed by atoms with Gasteiger partial charge in [-0.05, 0) is 18.6 Å². The van der Waals surface area contributed by atoms with Crippen LogP contribution in [0.25, 0.3) is 0 Å². The number of methoxy groups -OCH3 is 1. The van der Waals surface area contributed by atoms with E-state index < -0.39 is 18.0 Å². The van der Waals surface area contributed by atoms with Gasteiger partial charge >= 0.3 is 11.9 Å². The van der Waals surface area contributed by atoms with Crippen molar-refractivity contribution >= 4 is 11.9 Å². The van der Waals surface area contributed by atoms with Crippen LogP contribution in [0.1, 0.15) is 35.1 Å². The Kier molecular flexibility index (Phi) is 4.28. The number of nitrogens with zero attached hydrogens (tertiary/aromatic N) is 1. The highest BCUT2D eigenvalue weighted by Crippen LogP contribution is 2.18. The van der Waals surface area contributed by atoms with Gasteiger partial charge in [-0.15, -0.1) is 0 Å². The number of ether oxygens (including phenoxy) is 1. The summed E-state index contributed by atoms with van der Waals surface area (Å²) in [6, 6.07) is 2.91. The Labute approximate surface area is 99.0 Å². The van der Waals surface area contributed by atoms with Gasteiger partial charge in [-0.1, -0.05) is 0 Å². The van der Waals surface area contributed by atoms with Crippen LogP contribution >= 0.6 is 0 Å². The van der Waals surface area contributed by atoms with Crippen molar-refractivity contribution in [2.24, 2.45) is 12.8 Å². The second kappa shape index (κ2) is 5.49. The van der Waals surface area contributed by atoms with Crippen molar-refractivity contribution < 1.29 is 19.4 Å². The fourth-order valence-corrected chi connectivity index (χ4v) is 1.64. The number of carboxylic acid groups (broad SMARTS) is 1. The molecule has 0 bridgehead atoms. The van der Waals surface area contributed by atoms with E-state index in [1.807, 2.05) is 0 Å². The van der Waals surface area contributed by atoms with Crippen molar-refractivity contribution in [1.29, 1.82) is 0 Å². The molecule has 1 aromatic rings. The summed E-state index contributed by atoms with van der Waals surface area (Å²) in [5.74, 6) is -1.33. The van der Waals surface area contributed by atoms with E-state index in [0.29, 0.717) is 17.8 Å². The minimum atomic E-state index is -0.886. The van der Waals surface area contributed by atoms with Crippen LogP contribution in [0, 0.1) is 0 Å². The number of rotatable bonds is 5. The first-order valence-electron chi connectivity index (χ1n) is 5.18. The average Bonchev–Trinajstić information content (AvgIpc) is 2.67. The fraction of sp³-hybridized carbons (Fsp3) is 0.455. The van der Waals surface area contributed by atoms with Crippen LogP contribution in [0.5, 0.6) is 0 Å². The SMILES string of the molecule is COC(=O)c1ccc(C(N)CCC(=O)O)n1C. The molecule has 94 valence electrons. The van der Waals surface area contributed by atoms with Crippen LogP contribution in [0.3, 0.4) is 0 Å². The van der Waals surface area contributed by atoms with Crippen molar-refractivity contribution in [2.45, 2.75) is 18.9 Å². The Morgan fingerprint density at radius 3 is 2.71 bits per heavy atom. The number of esters is 1. The highest BCUT2D eigenvalue weighted by molar-refractivity contribution is 5.87. The molecule has 0 aromatic carbocycles. The van der Waals surface area contributed by atoms with Gasteiger partial charge in [0.1, 0.15) is 5.69 Å². The molecule has 0 saturated heterocycles. The van der Waals surface area contributed by atoms with Gasteiger partial charge in [-0.3, -0.25) is 4.79 Å². The van der Waals surface area contributed by atoms with Gasteiger partial charge in [0.2, 0.25) is 0 Å². The predicted octanol–water partition coefficient (Wildman–Crippen LogP) is 0.676. The summed E-state index contributed by atoms with van der Waals surface area (Å²) < 4.78 is 6.24. The van der Waals surface area contributed by atoms with E-state index in [4.69, 9.17) is 10.8 Å².